The Hall–Kier alpha value is -1.55. The van der Waals surface area contributed by atoms with Crippen LogP contribution in [0.25, 0.3) is 0 Å². The Morgan fingerprint density at radius 1 is 1.32 bits per heavy atom. The van der Waals surface area contributed by atoms with Crippen LogP contribution in [0.2, 0.25) is 0 Å². The van der Waals surface area contributed by atoms with Crippen molar-refractivity contribution in [1.29, 1.82) is 0 Å². The van der Waals surface area contributed by atoms with Gasteiger partial charge in [0, 0.05) is 44.4 Å². The first-order valence-electron chi connectivity index (χ1n) is 9.78. The summed E-state index contributed by atoms with van der Waals surface area (Å²) in [5.74, 6) is 1.77. The van der Waals surface area contributed by atoms with Crippen molar-refractivity contribution in [3.05, 3.63) is 41.1 Å². The number of ether oxygens (including phenoxy) is 1. The lowest BCUT2D eigenvalue weighted by atomic mass is 10.1. The molecule has 0 aliphatic carbocycles. The highest BCUT2D eigenvalue weighted by Gasteiger charge is 2.14. The first kappa shape index (κ1) is 22.7. The fourth-order valence-corrected chi connectivity index (χ4v) is 3.32. The Morgan fingerprint density at radius 2 is 2.18 bits per heavy atom. The average Bonchev–Trinajstić information content (AvgIpc) is 3.27. The van der Waals surface area contributed by atoms with Crippen LogP contribution < -0.4 is 10.6 Å². The molecule has 3 rings (SSSR count). The number of hydrogen-bond donors (Lipinski definition) is 2. The number of nitrogens with one attached hydrogen (secondary N) is 2. The third kappa shape index (κ3) is 6.51. The highest BCUT2D eigenvalue weighted by molar-refractivity contribution is 14.0. The summed E-state index contributed by atoms with van der Waals surface area (Å²) in [7, 11) is 1.97. The Labute approximate surface area is 184 Å². The minimum Gasteiger partial charge on any atom is -0.469 e. The second-order valence-corrected chi connectivity index (χ2v) is 7.06. The van der Waals surface area contributed by atoms with E-state index in [-0.39, 0.29) is 30.1 Å². The molecule has 0 amide bonds. The van der Waals surface area contributed by atoms with Gasteiger partial charge in [0.1, 0.15) is 5.76 Å². The molecule has 1 aliphatic heterocycles. The van der Waals surface area contributed by atoms with Crippen LogP contribution in [0.3, 0.4) is 0 Å². The molecule has 28 heavy (non-hydrogen) atoms. The number of halogens is 1. The number of nitrogens with zero attached hydrogens (tertiary/aromatic N) is 3. The monoisotopic (exact) mass is 501 g/mol. The largest absolute Gasteiger partial charge is 0.469 e. The maximum absolute atomic E-state index is 5.82. The van der Waals surface area contributed by atoms with Crippen molar-refractivity contribution in [3.8, 4) is 0 Å². The molecule has 1 aliphatic rings. The van der Waals surface area contributed by atoms with Gasteiger partial charge in [0.15, 0.2) is 5.96 Å². The molecule has 3 heterocycles. The molecular formula is C20H32IN5O2. The zero-order valence-corrected chi connectivity index (χ0v) is 19.4. The molecule has 2 aromatic rings. The molecule has 0 aromatic carbocycles. The number of aliphatic imine (C=N–C) groups is 1. The fraction of sp³-hybridized carbons (Fsp3) is 0.600. The van der Waals surface area contributed by atoms with Crippen molar-refractivity contribution in [1.82, 2.24) is 20.4 Å². The molecule has 7 nitrogen and oxygen atoms in total. The van der Waals surface area contributed by atoms with Crippen molar-refractivity contribution < 1.29 is 9.15 Å². The molecule has 0 bridgehead atoms. The van der Waals surface area contributed by atoms with E-state index in [2.05, 4.69) is 22.7 Å². The Morgan fingerprint density at radius 3 is 2.82 bits per heavy atom. The van der Waals surface area contributed by atoms with Crippen molar-refractivity contribution in [3.63, 3.8) is 0 Å². The Balaban J connectivity index is 0.00000280. The van der Waals surface area contributed by atoms with Crippen molar-refractivity contribution in [2.75, 3.05) is 19.7 Å². The third-order valence-electron chi connectivity index (χ3n) is 5.07. The summed E-state index contributed by atoms with van der Waals surface area (Å²) in [6.45, 7) is 7.11. The maximum Gasteiger partial charge on any atom is 0.191 e. The summed E-state index contributed by atoms with van der Waals surface area (Å²) in [5.41, 5.74) is 3.37. The van der Waals surface area contributed by atoms with Crippen molar-refractivity contribution in [2.24, 2.45) is 12.0 Å². The van der Waals surface area contributed by atoms with Gasteiger partial charge in [-0.05, 0) is 45.2 Å². The molecule has 1 saturated heterocycles. The average molecular weight is 501 g/mol. The van der Waals surface area contributed by atoms with Gasteiger partial charge in [-0.25, -0.2) is 4.99 Å². The van der Waals surface area contributed by atoms with Crippen LogP contribution in [-0.2, 0) is 24.8 Å². The molecule has 2 aromatic heterocycles. The molecule has 2 N–H and O–H groups in total. The van der Waals surface area contributed by atoms with Gasteiger partial charge in [0.25, 0.3) is 0 Å². The van der Waals surface area contributed by atoms with E-state index in [1.54, 1.807) is 6.26 Å². The van der Waals surface area contributed by atoms with Gasteiger partial charge in [0.05, 0.1) is 24.6 Å². The summed E-state index contributed by atoms with van der Waals surface area (Å²) in [4.78, 5) is 4.79. The van der Waals surface area contributed by atoms with Gasteiger partial charge < -0.3 is 19.8 Å². The van der Waals surface area contributed by atoms with Crippen LogP contribution >= 0.6 is 24.0 Å². The zero-order chi connectivity index (χ0) is 19.1. The summed E-state index contributed by atoms with van der Waals surface area (Å²) in [6.07, 6.45) is 6.29. The van der Waals surface area contributed by atoms with Crippen LogP contribution in [0.1, 0.15) is 42.0 Å². The van der Waals surface area contributed by atoms with Crippen LogP contribution in [-0.4, -0.2) is 41.5 Å². The lowest BCUT2D eigenvalue weighted by Gasteiger charge is -2.23. The lowest BCUT2D eigenvalue weighted by Crippen LogP contribution is -2.43. The molecule has 1 atom stereocenters. The van der Waals surface area contributed by atoms with Crippen LogP contribution in [0.5, 0.6) is 0 Å². The smallest absolute Gasteiger partial charge is 0.191 e. The maximum atomic E-state index is 5.82. The van der Waals surface area contributed by atoms with Crippen LogP contribution in [0, 0.1) is 13.8 Å². The minimum atomic E-state index is 0. The highest BCUT2D eigenvalue weighted by atomic mass is 127. The molecular weight excluding hydrogens is 469 g/mol. The first-order chi connectivity index (χ1) is 13.1. The van der Waals surface area contributed by atoms with E-state index in [1.807, 2.05) is 30.8 Å². The summed E-state index contributed by atoms with van der Waals surface area (Å²) in [5, 5.41) is 11.3. The molecule has 8 heteroatoms. The van der Waals surface area contributed by atoms with E-state index in [1.165, 1.54) is 18.4 Å². The predicted octanol–water partition coefficient (Wildman–Crippen LogP) is 3.09. The standard InChI is InChI=1S/C20H31N5O2.HI/c1-15-19(16(2)25(3)24-15)14-23-20(21-10-9-17-8-6-12-26-17)22-13-18-7-4-5-11-27-18;/h6,8,12,18H,4-5,7,9-11,13-14H2,1-3H3,(H2,21,22,23);1H. The van der Waals surface area contributed by atoms with E-state index < -0.39 is 0 Å². The van der Waals surface area contributed by atoms with Gasteiger partial charge >= 0.3 is 0 Å². The minimum absolute atomic E-state index is 0. The Kier molecular flexibility index (Phi) is 9.30. The number of aromatic nitrogens is 2. The van der Waals surface area contributed by atoms with Crippen molar-refractivity contribution >= 4 is 29.9 Å². The SMILES string of the molecule is Cc1nn(C)c(C)c1CN=C(NCCc1ccco1)NCC1CCCCO1.I. The van der Waals surface area contributed by atoms with E-state index in [0.29, 0.717) is 6.54 Å². The van der Waals surface area contributed by atoms with Gasteiger partial charge in [0.2, 0.25) is 0 Å². The lowest BCUT2D eigenvalue weighted by molar-refractivity contribution is 0.0194. The predicted molar refractivity (Wildman–Crippen MR) is 121 cm³/mol. The quantitative estimate of drug-likeness (QED) is 0.347. The van der Waals surface area contributed by atoms with Crippen LogP contribution in [0.15, 0.2) is 27.8 Å². The van der Waals surface area contributed by atoms with Gasteiger partial charge in [-0.2, -0.15) is 5.10 Å². The highest BCUT2D eigenvalue weighted by Crippen LogP contribution is 2.13. The number of rotatable bonds is 7. The summed E-state index contributed by atoms with van der Waals surface area (Å²) >= 11 is 0. The molecule has 1 fully saturated rings. The normalized spacial score (nSPS) is 17.2. The summed E-state index contributed by atoms with van der Waals surface area (Å²) < 4.78 is 13.1. The molecule has 0 saturated carbocycles. The summed E-state index contributed by atoms with van der Waals surface area (Å²) in [6, 6.07) is 3.90. The fourth-order valence-electron chi connectivity index (χ4n) is 3.32. The van der Waals surface area contributed by atoms with Crippen LogP contribution in [0.4, 0.5) is 0 Å². The molecule has 1 unspecified atom stereocenters. The molecule has 0 spiro atoms. The van der Waals surface area contributed by atoms with E-state index in [0.717, 1.165) is 55.6 Å². The molecule has 156 valence electrons. The van der Waals surface area contributed by atoms with Crippen molar-refractivity contribution in [2.45, 2.75) is 52.2 Å². The third-order valence-corrected chi connectivity index (χ3v) is 5.07. The number of guanidine groups is 1. The van der Waals surface area contributed by atoms with E-state index >= 15 is 0 Å². The number of hydrogen-bond acceptors (Lipinski definition) is 4. The number of aryl methyl sites for hydroxylation is 2. The van der Waals surface area contributed by atoms with E-state index in [4.69, 9.17) is 14.1 Å². The van der Waals surface area contributed by atoms with Gasteiger partial charge in [-0.1, -0.05) is 0 Å². The molecule has 0 radical (unpaired) electrons. The topological polar surface area (TPSA) is 76.6 Å². The Bertz CT molecular complexity index is 736. The number of furan rings is 1. The second-order valence-electron chi connectivity index (χ2n) is 7.06. The zero-order valence-electron chi connectivity index (χ0n) is 17.0. The van der Waals surface area contributed by atoms with Gasteiger partial charge in [-0.15, -0.1) is 24.0 Å². The second kappa shape index (κ2) is 11.5. The van der Waals surface area contributed by atoms with Gasteiger partial charge in [-0.3, -0.25) is 4.68 Å². The van der Waals surface area contributed by atoms with E-state index in [9.17, 15) is 0 Å². The first-order valence-corrected chi connectivity index (χ1v) is 9.78.